The Morgan fingerprint density at radius 1 is 1.07 bits per heavy atom. The van der Waals surface area contributed by atoms with Crippen LogP contribution in [0.5, 0.6) is 0 Å². The van der Waals surface area contributed by atoms with Crippen LogP contribution in [0.15, 0.2) is 4.79 Å². The fraction of sp³-hybridized carbons (Fsp3) is 0.762. The first-order chi connectivity index (χ1) is 13.0. The minimum absolute atomic E-state index is 0.0536. The normalized spacial score (nSPS) is 27.4. The van der Waals surface area contributed by atoms with Crippen LogP contribution in [-0.2, 0) is 17.8 Å². The summed E-state index contributed by atoms with van der Waals surface area (Å²) in [6.07, 6.45) is 7.77. The number of likely N-dealkylation sites (tertiary alicyclic amines) is 1. The molecule has 0 spiro atoms. The van der Waals surface area contributed by atoms with Gasteiger partial charge in [0.1, 0.15) is 5.82 Å². The molecule has 1 aromatic heterocycles. The summed E-state index contributed by atoms with van der Waals surface area (Å²) in [5.74, 6) is 2.08. The van der Waals surface area contributed by atoms with Crippen LogP contribution in [0.25, 0.3) is 0 Å². The number of H-pyrrole nitrogens is 1. The van der Waals surface area contributed by atoms with E-state index in [0.29, 0.717) is 6.04 Å². The highest BCUT2D eigenvalue weighted by molar-refractivity contribution is 5.73. The van der Waals surface area contributed by atoms with Crippen LogP contribution >= 0.6 is 0 Å². The number of hydrogen-bond acceptors (Lipinski definition) is 4. The molecule has 4 rings (SSSR count). The van der Waals surface area contributed by atoms with Crippen molar-refractivity contribution in [3.63, 3.8) is 0 Å². The van der Waals surface area contributed by atoms with E-state index in [0.717, 1.165) is 68.4 Å². The molecule has 1 saturated heterocycles. The van der Waals surface area contributed by atoms with Gasteiger partial charge in [-0.15, -0.1) is 0 Å². The number of fused-ring (bicyclic) bond motifs is 1. The lowest BCUT2D eigenvalue weighted by Gasteiger charge is -2.38. The Hall–Kier alpha value is -1.69. The SMILES string of the molecule is CC(=O)N1CCC(c2nc3c(c(=O)[nH]2)CN(C2CCC(C)CC2)CC3)CC1. The largest absolute Gasteiger partial charge is 0.343 e. The van der Waals surface area contributed by atoms with Crippen LogP contribution in [0.2, 0.25) is 0 Å². The molecule has 148 valence electrons. The highest BCUT2D eigenvalue weighted by atomic mass is 16.2. The van der Waals surface area contributed by atoms with Crippen molar-refractivity contribution in [1.82, 2.24) is 19.8 Å². The van der Waals surface area contributed by atoms with Crippen LogP contribution < -0.4 is 5.56 Å². The Morgan fingerprint density at radius 3 is 2.44 bits per heavy atom. The number of piperidine rings is 1. The van der Waals surface area contributed by atoms with Gasteiger partial charge in [0.2, 0.25) is 5.91 Å². The van der Waals surface area contributed by atoms with E-state index in [4.69, 9.17) is 4.98 Å². The lowest BCUT2D eigenvalue weighted by atomic mass is 9.86. The molecule has 0 unspecified atom stereocenters. The first kappa shape index (κ1) is 18.7. The predicted molar refractivity (Wildman–Crippen MR) is 105 cm³/mol. The first-order valence-corrected chi connectivity index (χ1v) is 10.6. The average Bonchev–Trinajstić information content (AvgIpc) is 2.68. The molecule has 3 heterocycles. The lowest BCUT2D eigenvalue weighted by Crippen LogP contribution is -2.44. The summed E-state index contributed by atoms with van der Waals surface area (Å²) in [7, 11) is 0. The Labute approximate surface area is 161 Å². The molecule has 6 nitrogen and oxygen atoms in total. The summed E-state index contributed by atoms with van der Waals surface area (Å²) in [4.78, 5) is 36.7. The molecule has 0 aromatic carbocycles. The maximum Gasteiger partial charge on any atom is 0.255 e. The summed E-state index contributed by atoms with van der Waals surface area (Å²) < 4.78 is 0. The molecule has 1 aromatic rings. The number of amides is 1. The minimum Gasteiger partial charge on any atom is -0.343 e. The maximum atomic E-state index is 12.8. The average molecular weight is 373 g/mol. The van der Waals surface area contributed by atoms with Crippen LogP contribution in [0.1, 0.15) is 75.4 Å². The van der Waals surface area contributed by atoms with Crippen LogP contribution in [0.3, 0.4) is 0 Å². The smallest absolute Gasteiger partial charge is 0.255 e. The van der Waals surface area contributed by atoms with Crippen LogP contribution in [0.4, 0.5) is 0 Å². The predicted octanol–water partition coefficient (Wildman–Crippen LogP) is 2.43. The van der Waals surface area contributed by atoms with Gasteiger partial charge in [0.15, 0.2) is 0 Å². The van der Waals surface area contributed by atoms with Crippen molar-refractivity contribution in [3.05, 3.63) is 27.4 Å². The van der Waals surface area contributed by atoms with Gasteiger partial charge in [-0.25, -0.2) is 4.98 Å². The summed E-state index contributed by atoms with van der Waals surface area (Å²) in [5, 5.41) is 0. The minimum atomic E-state index is 0.0536. The van der Waals surface area contributed by atoms with Gasteiger partial charge in [0, 0.05) is 51.5 Å². The van der Waals surface area contributed by atoms with E-state index in [2.05, 4.69) is 16.8 Å². The molecule has 1 saturated carbocycles. The lowest BCUT2D eigenvalue weighted by molar-refractivity contribution is -0.129. The van der Waals surface area contributed by atoms with E-state index in [1.54, 1.807) is 6.92 Å². The van der Waals surface area contributed by atoms with E-state index in [9.17, 15) is 9.59 Å². The second kappa shape index (κ2) is 7.74. The molecular formula is C21H32N4O2. The van der Waals surface area contributed by atoms with E-state index >= 15 is 0 Å². The highest BCUT2D eigenvalue weighted by Crippen LogP contribution is 2.30. The number of carbonyl (C=O) groups excluding carboxylic acids is 1. The van der Waals surface area contributed by atoms with Crippen molar-refractivity contribution in [2.24, 2.45) is 5.92 Å². The molecule has 0 radical (unpaired) electrons. The molecule has 3 aliphatic rings. The Morgan fingerprint density at radius 2 is 1.78 bits per heavy atom. The summed E-state index contributed by atoms with van der Waals surface area (Å²) >= 11 is 0. The third-order valence-electron chi connectivity index (χ3n) is 6.95. The fourth-order valence-electron chi connectivity index (χ4n) is 5.05. The highest BCUT2D eigenvalue weighted by Gasteiger charge is 2.30. The summed E-state index contributed by atoms with van der Waals surface area (Å²) in [6.45, 7) is 7.25. The quantitative estimate of drug-likeness (QED) is 0.866. The Balaban J connectivity index is 1.45. The van der Waals surface area contributed by atoms with Gasteiger partial charge in [-0.1, -0.05) is 6.92 Å². The van der Waals surface area contributed by atoms with Crippen molar-refractivity contribution in [3.8, 4) is 0 Å². The van der Waals surface area contributed by atoms with Crippen molar-refractivity contribution in [1.29, 1.82) is 0 Å². The van der Waals surface area contributed by atoms with E-state index < -0.39 is 0 Å². The fourth-order valence-corrected chi connectivity index (χ4v) is 5.05. The van der Waals surface area contributed by atoms with Crippen LogP contribution in [-0.4, -0.2) is 51.4 Å². The topological polar surface area (TPSA) is 69.3 Å². The molecule has 6 heteroatoms. The molecule has 1 amide bonds. The number of aromatic nitrogens is 2. The molecular weight excluding hydrogens is 340 g/mol. The molecule has 1 aliphatic carbocycles. The van der Waals surface area contributed by atoms with Crippen molar-refractivity contribution >= 4 is 5.91 Å². The third-order valence-corrected chi connectivity index (χ3v) is 6.95. The number of carbonyl (C=O) groups is 1. The second-order valence-electron chi connectivity index (χ2n) is 8.79. The molecule has 27 heavy (non-hydrogen) atoms. The van der Waals surface area contributed by atoms with Crippen molar-refractivity contribution < 1.29 is 4.79 Å². The van der Waals surface area contributed by atoms with Crippen molar-refractivity contribution in [2.75, 3.05) is 19.6 Å². The number of nitrogens with one attached hydrogen (secondary N) is 1. The zero-order chi connectivity index (χ0) is 19.0. The molecule has 2 aliphatic heterocycles. The molecule has 0 atom stereocenters. The molecule has 1 N–H and O–H groups in total. The number of rotatable bonds is 2. The van der Waals surface area contributed by atoms with Gasteiger partial charge in [-0.05, 0) is 44.4 Å². The second-order valence-corrected chi connectivity index (χ2v) is 8.79. The van der Waals surface area contributed by atoms with Crippen molar-refractivity contribution in [2.45, 2.75) is 77.3 Å². The van der Waals surface area contributed by atoms with Gasteiger partial charge >= 0.3 is 0 Å². The first-order valence-electron chi connectivity index (χ1n) is 10.6. The Kier molecular flexibility index (Phi) is 5.35. The van der Waals surface area contributed by atoms with Crippen LogP contribution in [0, 0.1) is 5.92 Å². The zero-order valence-electron chi connectivity index (χ0n) is 16.7. The maximum absolute atomic E-state index is 12.8. The van der Waals surface area contributed by atoms with Gasteiger partial charge in [0.25, 0.3) is 5.56 Å². The molecule has 0 bridgehead atoms. The van der Waals surface area contributed by atoms with E-state index in [1.807, 2.05) is 4.90 Å². The Bertz CT molecular complexity index is 743. The van der Waals surface area contributed by atoms with Gasteiger partial charge in [-0.3, -0.25) is 14.5 Å². The standard InChI is InChI=1S/C21H32N4O2/c1-14-3-5-17(6-4-14)25-12-9-19-18(13-25)21(27)23-20(22-19)16-7-10-24(11-8-16)15(2)26/h14,16-17H,3-13H2,1-2H3,(H,22,23,27). The van der Waals surface area contributed by atoms with Gasteiger partial charge < -0.3 is 9.88 Å². The monoisotopic (exact) mass is 372 g/mol. The van der Waals surface area contributed by atoms with Gasteiger partial charge in [0.05, 0.1) is 11.3 Å². The third kappa shape index (κ3) is 3.96. The van der Waals surface area contributed by atoms with E-state index in [-0.39, 0.29) is 17.4 Å². The number of nitrogens with zero attached hydrogens (tertiary/aromatic N) is 3. The van der Waals surface area contributed by atoms with E-state index in [1.165, 1.54) is 25.7 Å². The summed E-state index contributed by atoms with van der Waals surface area (Å²) in [6, 6.07) is 0.629. The zero-order valence-corrected chi connectivity index (χ0v) is 16.7. The number of aromatic amines is 1. The number of hydrogen-bond donors (Lipinski definition) is 1. The summed E-state index contributed by atoms with van der Waals surface area (Å²) in [5.41, 5.74) is 1.94. The molecule has 2 fully saturated rings. The van der Waals surface area contributed by atoms with Gasteiger partial charge in [-0.2, -0.15) is 0 Å².